The van der Waals surface area contributed by atoms with Gasteiger partial charge in [0.25, 0.3) is 5.91 Å². The Morgan fingerprint density at radius 1 is 1.06 bits per heavy atom. The van der Waals surface area contributed by atoms with Crippen molar-refractivity contribution >= 4 is 48.4 Å². The summed E-state index contributed by atoms with van der Waals surface area (Å²) >= 11 is 1.54. The predicted molar refractivity (Wildman–Crippen MR) is 149 cm³/mol. The fourth-order valence-corrected chi connectivity index (χ4v) is 5.05. The number of aryl methyl sites for hydroxylation is 1. The van der Waals surface area contributed by atoms with Crippen molar-refractivity contribution in [3.8, 4) is 11.1 Å². The topological polar surface area (TPSA) is 95.5 Å². The molecule has 3 rings (SSSR count). The molecule has 3 N–H and O–H groups in total. The zero-order valence-corrected chi connectivity index (χ0v) is 21.6. The van der Waals surface area contributed by atoms with E-state index in [1.807, 2.05) is 50.4 Å². The molecule has 1 fully saturated rings. The van der Waals surface area contributed by atoms with E-state index in [1.165, 1.54) is 18.2 Å². The molecule has 0 bridgehead atoms. The Balaban J connectivity index is 0.00000456. The second-order valence-corrected chi connectivity index (χ2v) is 10.3. The molecule has 0 aromatic heterocycles. The molecule has 2 atom stereocenters. The number of carbonyl (C=O) groups excluding carboxylic acids is 2. The summed E-state index contributed by atoms with van der Waals surface area (Å²) < 4.78 is 0. The number of nitrogens with one attached hydrogen (secondary N) is 2. The van der Waals surface area contributed by atoms with Crippen molar-refractivity contribution in [1.82, 2.24) is 10.6 Å². The number of aliphatic carboxylic acids is 1. The maximum atomic E-state index is 13.2. The van der Waals surface area contributed by atoms with E-state index in [0.717, 1.165) is 42.4 Å². The van der Waals surface area contributed by atoms with Crippen LogP contribution in [0.3, 0.4) is 0 Å². The number of amides is 2. The first kappa shape index (κ1) is 30.0. The number of carboxylic acids is 1. The first-order valence-electron chi connectivity index (χ1n) is 12.3. The van der Waals surface area contributed by atoms with Gasteiger partial charge in [0.05, 0.1) is 5.92 Å². The van der Waals surface area contributed by atoms with Gasteiger partial charge >= 0.3 is 24.8 Å². The second-order valence-electron chi connectivity index (χ2n) is 9.33. The average molecular weight is 505 g/mol. The van der Waals surface area contributed by atoms with E-state index in [9.17, 15) is 19.5 Å². The van der Waals surface area contributed by atoms with E-state index >= 15 is 0 Å². The van der Waals surface area contributed by atoms with Crippen molar-refractivity contribution in [2.75, 3.05) is 12.0 Å². The van der Waals surface area contributed by atoms with Gasteiger partial charge in [-0.3, -0.25) is 9.59 Å². The summed E-state index contributed by atoms with van der Waals surface area (Å²) in [6.07, 6.45) is 7.81. The maximum absolute atomic E-state index is 13.2. The second kappa shape index (κ2) is 14.5. The Hall–Kier alpha value is -2.20. The molecule has 2 amide bonds. The number of benzene rings is 2. The van der Waals surface area contributed by atoms with Crippen LogP contribution in [0.4, 0.5) is 0 Å². The van der Waals surface area contributed by atoms with Gasteiger partial charge in [0.2, 0.25) is 5.91 Å². The van der Waals surface area contributed by atoms with Gasteiger partial charge in [0.15, 0.2) is 0 Å². The van der Waals surface area contributed by atoms with Crippen molar-refractivity contribution in [3.63, 3.8) is 0 Å². The molecule has 1 aliphatic rings. The van der Waals surface area contributed by atoms with Gasteiger partial charge in [0.1, 0.15) is 6.04 Å². The van der Waals surface area contributed by atoms with Crippen molar-refractivity contribution < 1.29 is 19.5 Å². The molecule has 0 aliphatic heterocycles. The van der Waals surface area contributed by atoms with E-state index in [2.05, 4.69) is 10.6 Å². The molecule has 0 spiro atoms. The molecular weight excluding hydrogens is 467 g/mol. The van der Waals surface area contributed by atoms with E-state index in [-0.39, 0.29) is 36.7 Å². The summed E-state index contributed by atoms with van der Waals surface area (Å²) in [4.78, 5) is 37.9. The molecule has 36 heavy (non-hydrogen) atoms. The summed E-state index contributed by atoms with van der Waals surface area (Å²) in [7, 11) is 0. The normalized spacial score (nSPS) is 15.3. The van der Waals surface area contributed by atoms with Crippen LogP contribution in [0.1, 0.15) is 72.9 Å². The molecule has 1 aliphatic carbocycles. The molecule has 1 saturated carbocycles. The van der Waals surface area contributed by atoms with Crippen LogP contribution >= 0.6 is 11.8 Å². The number of hydrogen-bond acceptors (Lipinski definition) is 4. The average Bonchev–Trinajstić information content (AvgIpc) is 2.86. The Morgan fingerprint density at radius 2 is 1.75 bits per heavy atom. The Bertz CT molecular complexity index is 1060. The van der Waals surface area contributed by atoms with Crippen LogP contribution in [0.2, 0.25) is 0 Å². The zero-order valence-electron chi connectivity index (χ0n) is 20.8. The Kier molecular flexibility index (Phi) is 12.1. The molecule has 2 unspecified atom stereocenters. The van der Waals surface area contributed by atoms with Crippen LogP contribution in [0.15, 0.2) is 42.5 Å². The van der Waals surface area contributed by atoms with Crippen LogP contribution in [0, 0.1) is 6.92 Å². The first-order chi connectivity index (χ1) is 16.8. The van der Waals surface area contributed by atoms with Crippen molar-refractivity contribution in [1.29, 1.82) is 0 Å². The molecule has 2 aromatic rings. The van der Waals surface area contributed by atoms with Crippen LogP contribution < -0.4 is 10.6 Å². The Labute approximate surface area is 230 Å². The number of rotatable bonds is 10. The van der Waals surface area contributed by atoms with E-state index in [1.54, 1.807) is 12.1 Å². The van der Waals surface area contributed by atoms with Gasteiger partial charge < -0.3 is 15.7 Å². The summed E-state index contributed by atoms with van der Waals surface area (Å²) in [5, 5.41) is 15.5. The van der Waals surface area contributed by atoms with Crippen LogP contribution in [0.25, 0.3) is 11.1 Å². The molecule has 8 heteroatoms. The van der Waals surface area contributed by atoms with E-state index in [0.29, 0.717) is 23.3 Å². The third-order valence-electron chi connectivity index (χ3n) is 6.78. The summed E-state index contributed by atoms with van der Waals surface area (Å²) in [6, 6.07) is 12.5. The van der Waals surface area contributed by atoms with Crippen LogP contribution in [-0.4, -0.2) is 65.8 Å². The Morgan fingerprint density at radius 3 is 2.39 bits per heavy atom. The fraction of sp³-hybridized carbons (Fsp3) is 0.464. The number of thioether (sulfide) groups is 1. The van der Waals surface area contributed by atoms with Gasteiger partial charge in [-0.05, 0) is 79.5 Å². The van der Waals surface area contributed by atoms with Gasteiger partial charge in [-0.1, -0.05) is 49.6 Å². The van der Waals surface area contributed by atoms with E-state index in [4.69, 9.17) is 0 Å². The minimum atomic E-state index is -1.05. The molecule has 6 nitrogen and oxygen atoms in total. The molecule has 0 radical (unpaired) electrons. The quantitative estimate of drug-likeness (QED) is 0.414. The number of carbonyl (C=O) groups is 3. The fourth-order valence-electron chi connectivity index (χ4n) is 4.58. The van der Waals surface area contributed by atoms with Gasteiger partial charge in [-0.25, -0.2) is 4.79 Å². The zero-order chi connectivity index (χ0) is 25.4. The predicted octanol–water partition coefficient (Wildman–Crippen LogP) is 4.50. The van der Waals surface area contributed by atoms with Crippen molar-refractivity contribution in [2.45, 2.75) is 70.4 Å². The third-order valence-corrected chi connectivity index (χ3v) is 7.43. The summed E-state index contributed by atoms with van der Waals surface area (Å²) in [5.41, 5.74) is 3.80. The monoisotopic (exact) mass is 504 g/mol. The third kappa shape index (κ3) is 7.90. The van der Waals surface area contributed by atoms with Gasteiger partial charge in [0, 0.05) is 11.6 Å². The van der Waals surface area contributed by atoms with Crippen LogP contribution in [0.5, 0.6) is 0 Å². The standard InChI is InChI=1S/C28H36N2O4S.Li.H/c1-18-9-7-8-12-22(18)24-17-20(19(2)26(31)29-21-10-5-4-6-11-21)13-14-23(24)27(32)30-25(28(33)34)15-16-35-3;;/h7-9,12-14,17,19,21,25H,4-6,10-11,15-16H2,1-3H3,(H,29,31)(H,30,32)(H,33,34);;. The molecule has 190 valence electrons. The molecular formula is C28H37LiN2O4S. The first-order valence-corrected chi connectivity index (χ1v) is 13.7. The minimum absolute atomic E-state index is 0. The van der Waals surface area contributed by atoms with Gasteiger partial charge in [-0.15, -0.1) is 0 Å². The molecule has 2 aromatic carbocycles. The van der Waals surface area contributed by atoms with Crippen molar-refractivity contribution in [3.05, 3.63) is 59.2 Å². The summed E-state index contributed by atoms with van der Waals surface area (Å²) in [5.74, 6) is -1.22. The molecule has 0 saturated heterocycles. The SMILES string of the molecule is CSCCC(NC(=O)c1ccc(C(C)C(=O)NC2CCCCC2)cc1-c1ccccc1C)C(=O)O.[LiH]. The van der Waals surface area contributed by atoms with E-state index < -0.39 is 17.9 Å². The number of carboxylic acid groups (broad SMARTS) is 1. The molecule has 0 heterocycles. The van der Waals surface area contributed by atoms with Crippen molar-refractivity contribution in [2.24, 2.45) is 0 Å². The van der Waals surface area contributed by atoms with Crippen LogP contribution in [-0.2, 0) is 9.59 Å². The number of hydrogen-bond donors (Lipinski definition) is 3. The van der Waals surface area contributed by atoms with Gasteiger partial charge in [-0.2, -0.15) is 11.8 Å². The summed E-state index contributed by atoms with van der Waals surface area (Å²) in [6.45, 7) is 3.86.